The van der Waals surface area contributed by atoms with Crippen LogP contribution >= 0.6 is 0 Å². The Kier molecular flexibility index (Phi) is 7.28. The molecule has 0 saturated carbocycles. The first-order valence-electron chi connectivity index (χ1n) is 12.8. The van der Waals surface area contributed by atoms with E-state index in [4.69, 9.17) is 4.74 Å². The number of amides is 1. The van der Waals surface area contributed by atoms with E-state index < -0.39 is 0 Å². The topological polar surface area (TPSA) is 87.5 Å². The number of hydrogen-bond donors (Lipinski definition) is 2. The summed E-state index contributed by atoms with van der Waals surface area (Å²) in [6.45, 7) is 10.5. The van der Waals surface area contributed by atoms with Gasteiger partial charge in [0.05, 0.1) is 29.9 Å². The minimum absolute atomic E-state index is 0.268. The smallest absolute Gasteiger partial charge is 0.247 e. The van der Waals surface area contributed by atoms with E-state index in [0.717, 1.165) is 60.6 Å². The molecule has 0 radical (unpaired) electrons. The van der Waals surface area contributed by atoms with E-state index in [9.17, 15) is 4.79 Å². The van der Waals surface area contributed by atoms with Crippen LogP contribution in [0, 0.1) is 0 Å². The Balaban J connectivity index is 1.46. The van der Waals surface area contributed by atoms with Crippen molar-refractivity contribution in [3.63, 3.8) is 0 Å². The Morgan fingerprint density at radius 1 is 1.08 bits per heavy atom. The zero-order chi connectivity index (χ0) is 26.6. The van der Waals surface area contributed by atoms with Crippen LogP contribution in [0.5, 0.6) is 5.75 Å². The molecule has 4 aromatic rings. The summed E-state index contributed by atoms with van der Waals surface area (Å²) < 4.78 is 7.86. The third kappa shape index (κ3) is 5.19. The number of aryl methyl sites for hydroxylation is 1. The minimum atomic E-state index is -0.268. The Morgan fingerprint density at radius 2 is 1.89 bits per heavy atom. The Morgan fingerprint density at radius 3 is 2.63 bits per heavy atom. The van der Waals surface area contributed by atoms with Gasteiger partial charge in [-0.3, -0.25) is 4.79 Å². The zero-order valence-corrected chi connectivity index (χ0v) is 22.1. The van der Waals surface area contributed by atoms with Gasteiger partial charge in [-0.2, -0.15) is 0 Å². The third-order valence-corrected chi connectivity index (χ3v) is 7.03. The summed E-state index contributed by atoms with van der Waals surface area (Å²) in [6.07, 6.45) is 4.86. The summed E-state index contributed by atoms with van der Waals surface area (Å²) in [7, 11) is 3.67. The quantitative estimate of drug-likeness (QED) is 0.333. The van der Waals surface area contributed by atoms with Gasteiger partial charge in [0.15, 0.2) is 0 Å². The maximum atomic E-state index is 12.3. The molecule has 9 heteroatoms. The third-order valence-electron chi connectivity index (χ3n) is 7.03. The molecule has 0 unspecified atom stereocenters. The number of likely N-dealkylation sites (N-methyl/N-ethyl adjacent to an activating group) is 1. The van der Waals surface area contributed by atoms with Crippen molar-refractivity contribution < 1.29 is 9.53 Å². The van der Waals surface area contributed by atoms with Crippen LogP contribution in [0.3, 0.4) is 0 Å². The molecular weight excluding hydrogens is 478 g/mol. The number of nitrogens with one attached hydrogen (secondary N) is 2. The Bertz CT molecular complexity index is 1470. The number of rotatable bonds is 8. The molecule has 1 aliphatic rings. The van der Waals surface area contributed by atoms with Gasteiger partial charge >= 0.3 is 0 Å². The molecule has 0 bridgehead atoms. The van der Waals surface area contributed by atoms with Crippen molar-refractivity contribution in [3.05, 3.63) is 67.6 Å². The number of carbonyl (C=O) groups is 1. The van der Waals surface area contributed by atoms with E-state index in [2.05, 4.69) is 72.7 Å². The van der Waals surface area contributed by atoms with Gasteiger partial charge in [0.25, 0.3) is 0 Å². The van der Waals surface area contributed by atoms with Gasteiger partial charge in [0, 0.05) is 68.0 Å². The highest BCUT2D eigenvalue weighted by Crippen LogP contribution is 2.39. The molecule has 0 aliphatic carbocycles. The number of methoxy groups -OCH3 is 1. The summed E-state index contributed by atoms with van der Waals surface area (Å²) in [5.41, 5.74) is 5.26. The lowest BCUT2D eigenvalue weighted by Crippen LogP contribution is -2.46. The number of anilines is 4. The number of carbonyl (C=O) groups excluding carboxylic acids is 1. The molecule has 1 fully saturated rings. The van der Waals surface area contributed by atoms with Crippen molar-refractivity contribution in [2.75, 3.05) is 55.4 Å². The van der Waals surface area contributed by atoms with Crippen molar-refractivity contribution in [3.8, 4) is 17.0 Å². The summed E-state index contributed by atoms with van der Waals surface area (Å²) in [4.78, 5) is 25.9. The number of fused-ring (bicyclic) bond motifs is 1. The normalized spacial score (nSPS) is 13.9. The SMILES string of the molecule is C=CC(=O)Nc1cc(Nc2cc(-c3ccc4c(ccn4C)c3)ncn2)c(OC)cc1N1CCN(CC)CC1. The van der Waals surface area contributed by atoms with Crippen LogP contribution in [0.4, 0.5) is 22.9 Å². The van der Waals surface area contributed by atoms with Crippen LogP contribution in [0.1, 0.15) is 6.92 Å². The predicted octanol–water partition coefficient (Wildman–Crippen LogP) is 4.65. The molecule has 2 aromatic carbocycles. The van der Waals surface area contributed by atoms with E-state index in [1.807, 2.05) is 31.4 Å². The van der Waals surface area contributed by atoms with Gasteiger partial charge in [-0.1, -0.05) is 19.6 Å². The van der Waals surface area contributed by atoms with Crippen molar-refractivity contribution in [2.45, 2.75) is 6.92 Å². The second kappa shape index (κ2) is 10.9. The first-order chi connectivity index (χ1) is 18.5. The first kappa shape index (κ1) is 25.3. The lowest BCUT2D eigenvalue weighted by atomic mass is 10.1. The molecule has 3 heterocycles. The van der Waals surface area contributed by atoms with Gasteiger partial charge in [-0.15, -0.1) is 0 Å². The largest absolute Gasteiger partial charge is 0.494 e. The fourth-order valence-corrected chi connectivity index (χ4v) is 4.85. The van der Waals surface area contributed by atoms with Crippen LogP contribution in [0.2, 0.25) is 0 Å². The average Bonchev–Trinajstić information content (AvgIpc) is 3.33. The highest BCUT2D eigenvalue weighted by atomic mass is 16.5. The monoisotopic (exact) mass is 511 g/mol. The maximum absolute atomic E-state index is 12.3. The summed E-state index contributed by atoms with van der Waals surface area (Å²) in [5, 5.41) is 7.49. The van der Waals surface area contributed by atoms with Gasteiger partial charge in [-0.05, 0) is 36.9 Å². The van der Waals surface area contributed by atoms with Crippen molar-refractivity contribution >= 4 is 39.7 Å². The molecular formula is C29H33N7O2. The van der Waals surface area contributed by atoms with Gasteiger partial charge in [0.2, 0.25) is 5.91 Å². The summed E-state index contributed by atoms with van der Waals surface area (Å²) >= 11 is 0. The highest BCUT2D eigenvalue weighted by molar-refractivity contribution is 6.02. The Hall–Kier alpha value is -4.37. The van der Waals surface area contributed by atoms with Crippen molar-refractivity contribution in [1.29, 1.82) is 0 Å². The van der Waals surface area contributed by atoms with Gasteiger partial charge in [-0.25, -0.2) is 9.97 Å². The molecule has 0 atom stereocenters. The molecule has 1 amide bonds. The summed E-state index contributed by atoms with van der Waals surface area (Å²) in [6, 6.07) is 14.1. The van der Waals surface area contributed by atoms with Gasteiger partial charge in [0.1, 0.15) is 17.9 Å². The van der Waals surface area contributed by atoms with Crippen LogP contribution in [0.25, 0.3) is 22.2 Å². The maximum Gasteiger partial charge on any atom is 0.247 e. The van der Waals surface area contributed by atoms with Crippen LogP contribution in [0.15, 0.2) is 67.6 Å². The molecule has 0 spiro atoms. The predicted molar refractivity (Wildman–Crippen MR) is 153 cm³/mol. The molecule has 5 rings (SSSR count). The average molecular weight is 512 g/mol. The second-order valence-corrected chi connectivity index (χ2v) is 9.30. The molecule has 9 nitrogen and oxygen atoms in total. The van der Waals surface area contributed by atoms with Crippen molar-refractivity contribution in [2.24, 2.45) is 7.05 Å². The lowest BCUT2D eigenvalue weighted by Gasteiger charge is -2.36. The second-order valence-electron chi connectivity index (χ2n) is 9.30. The standard InChI is InChI=1S/C29H33N7O2/c1-5-29(37)33-23-16-24(27(38-4)18-26(23)36-13-11-35(6-2)12-14-36)32-28-17-22(30-19-31-28)20-7-8-25-21(15-20)9-10-34(25)3/h5,7-10,15-19H,1,6,11-14H2,2-4H3,(H,33,37)(H,30,31,32). The number of piperazine rings is 1. The van der Waals surface area contributed by atoms with Crippen LogP contribution in [-0.4, -0.2) is 65.2 Å². The molecule has 1 aliphatic heterocycles. The molecule has 2 aromatic heterocycles. The van der Waals surface area contributed by atoms with Crippen molar-refractivity contribution in [1.82, 2.24) is 19.4 Å². The molecule has 38 heavy (non-hydrogen) atoms. The number of benzene rings is 2. The number of hydrogen-bond acceptors (Lipinski definition) is 7. The number of nitrogens with zero attached hydrogens (tertiary/aromatic N) is 5. The van der Waals surface area contributed by atoms with E-state index in [-0.39, 0.29) is 5.91 Å². The Labute approximate surface area is 222 Å². The van der Waals surface area contributed by atoms with E-state index in [1.54, 1.807) is 13.4 Å². The van der Waals surface area contributed by atoms with E-state index >= 15 is 0 Å². The highest BCUT2D eigenvalue weighted by Gasteiger charge is 2.21. The molecule has 2 N–H and O–H groups in total. The fraction of sp³-hybridized carbons (Fsp3) is 0.276. The minimum Gasteiger partial charge on any atom is -0.494 e. The van der Waals surface area contributed by atoms with Crippen LogP contribution in [-0.2, 0) is 11.8 Å². The zero-order valence-electron chi connectivity index (χ0n) is 22.1. The van der Waals surface area contributed by atoms with Gasteiger partial charge < -0.3 is 29.7 Å². The number of aromatic nitrogens is 3. The lowest BCUT2D eigenvalue weighted by molar-refractivity contribution is -0.111. The fourth-order valence-electron chi connectivity index (χ4n) is 4.85. The molecule has 1 saturated heterocycles. The number of ether oxygens (including phenoxy) is 1. The van der Waals surface area contributed by atoms with Crippen LogP contribution < -0.4 is 20.3 Å². The van der Waals surface area contributed by atoms with E-state index in [1.165, 1.54) is 6.08 Å². The first-order valence-corrected chi connectivity index (χ1v) is 12.8. The van der Waals surface area contributed by atoms with E-state index in [0.29, 0.717) is 22.9 Å². The summed E-state index contributed by atoms with van der Waals surface area (Å²) in [5.74, 6) is 1.00. The molecule has 196 valence electrons.